The van der Waals surface area contributed by atoms with E-state index in [1.807, 2.05) is 13.8 Å². The summed E-state index contributed by atoms with van der Waals surface area (Å²) in [4.78, 5) is 24.2. The normalized spacial score (nSPS) is 11.5. The summed E-state index contributed by atoms with van der Waals surface area (Å²) in [7, 11) is 0. The van der Waals surface area contributed by atoms with Gasteiger partial charge in [-0.25, -0.2) is 9.07 Å². The first-order chi connectivity index (χ1) is 10.5. The van der Waals surface area contributed by atoms with Crippen molar-refractivity contribution >= 4 is 22.3 Å². The van der Waals surface area contributed by atoms with Gasteiger partial charge in [-0.2, -0.15) is 5.10 Å². The van der Waals surface area contributed by atoms with E-state index in [9.17, 15) is 14.0 Å². The molecule has 0 aliphatic rings. The van der Waals surface area contributed by atoms with Crippen LogP contribution in [-0.4, -0.2) is 26.1 Å². The maximum atomic E-state index is 13.3. The third-order valence-corrected chi connectivity index (χ3v) is 3.30. The highest BCUT2D eigenvalue weighted by atomic mass is 19.1. The van der Waals surface area contributed by atoms with Gasteiger partial charge >= 0.3 is 0 Å². The summed E-state index contributed by atoms with van der Waals surface area (Å²) in [5, 5.41) is 7.33. The molecule has 1 amide bonds. The fraction of sp³-hybridized carbons (Fsp3) is 0.267. The number of nitrogens with one attached hydrogen (secondary N) is 1. The smallest absolute Gasteiger partial charge is 0.291 e. The lowest BCUT2D eigenvalue weighted by molar-refractivity contribution is -0.122. The van der Waals surface area contributed by atoms with Crippen molar-refractivity contribution < 1.29 is 9.18 Å². The lowest BCUT2D eigenvalue weighted by Gasteiger charge is -2.09. The zero-order valence-electron chi connectivity index (χ0n) is 12.2. The Kier molecular flexibility index (Phi) is 3.40. The number of carbonyl (C=O) groups is 1. The molecule has 0 fully saturated rings. The van der Waals surface area contributed by atoms with Crippen molar-refractivity contribution in [1.82, 2.24) is 19.5 Å². The van der Waals surface area contributed by atoms with Crippen LogP contribution in [0.15, 0.2) is 35.4 Å². The number of amides is 1. The van der Waals surface area contributed by atoms with Crippen LogP contribution in [-0.2, 0) is 11.3 Å². The number of aromatic nitrogens is 3. The van der Waals surface area contributed by atoms with Crippen LogP contribution in [0.3, 0.4) is 0 Å². The lowest BCUT2D eigenvalue weighted by atomic mass is 10.2. The Labute approximate surface area is 125 Å². The fourth-order valence-electron chi connectivity index (χ4n) is 2.41. The zero-order chi connectivity index (χ0) is 15.9. The average molecular weight is 302 g/mol. The maximum absolute atomic E-state index is 13.3. The van der Waals surface area contributed by atoms with Gasteiger partial charge in [-0.05, 0) is 38.1 Å². The van der Waals surface area contributed by atoms with Gasteiger partial charge in [0.05, 0.1) is 5.52 Å². The highest BCUT2D eigenvalue weighted by Crippen LogP contribution is 2.18. The van der Waals surface area contributed by atoms with Crippen molar-refractivity contribution in [2.75, 3.05) is 0 Å². The van der Waals surface area contributed by atoms with Crippen molar-refractivity contribution in [3.63, 3.8) is 0 Å². The Hall–Kier alpha value is -2.70. The summed E-state index contributed by atoms with van der Waals surface area (Å²) in [5.74, 6) is -0.649. The second-order valence-electron chi connectivity index (χ2n) is 5.42. The summed E-state index contributed by atoms with van der Waals surface area (Å²) in [5.41, 5.74) is 0.658. The molecule has 0 radical (unpaired) electrons. The van der Waals surface area contributed by atoms with Crippen molar-refractivity contribution in [2.45, 2.75) is 26.4 Å². The number of hydrogen-bond donors (Lipinski definition) is 1. The van der Waals surface area contributed by atoms with Crippen molar-refractivity contribution in [3.05, 3.63) is 46.8 Å². The van der Waals surface area contributed by atoms with Crippen LogP contribution in [0, 0.1) is 5.82 Å². The summed E-state index contributed by atoms with van der Waals surface area (Å²) >= 11 is 0. The van der Waals surface area contributed by atoms with Gasteiger partial charge in [0.1, 0.15) is 24.2 Å². The fourth-order valence-corrected chi connectivity index (χ4v) is 2.41. The molecule has 6 nitrogen and oxygen atoms in total. The van der Waals surface area contributed by atoms with Crippen LogP contribution in [0.1, 0.15) is 13.8 Å². The first-order valence-electron chi connectivity index (χ1n) is 6.91. The van der Waals surface area contributed by atoms with Crippen molar-refractivity contribution in [3.8, 4) is 0 Å². The molecule has 0 aliphatic carbocycles. The van der Waals surface area contributed by atoms with E-state index in [0.29, 0.717) is 16.4 Å². The SMILES string of the molecule is CC(C)NC(=O)Cn1ncn2c(cc3cc(F)ccc32)c1=O. The third kappa shape index (κ3) is 2.45. The molecule has 0 saturated carbocycles. The topological polar surface area (TPSA) is 68.4 Å². The quantitative estimate of drug-likeness (QED) is 0.793. The van der Waals surface area contributed by atoms with Crippen LogP contribution < -0.4 is 10.9 Å². The van der Waals surface area contributed by atoms with Gasteiger partial charge in [0.25, 0.3) is 5.56 Å². The molecule has 0 saturated heterocycles. The number of fused-ring (bicyclic) bond motifs is 3. The number of carbonyl (C=O) groups excluding carboxylic acids is 1. The molecule has 2 aromatic heterocycles. The minimum absolute atomic E-state index is 0.00852. The largest absolute Gasteiger partial charge is 0.352 e. The number of hydrogen-bond acceptors (Lipinski definition) is 3. The van der Waals surface area contributed by atoms with E-state index in [4.69, 9.17) is 0 Å². The Balaban J connectivity index is 2.08. The van der Waals surface area contributed by atoms with Gasteiger partial charge in [-0.1, -0.05) is 0 Å². The zero-order valence-corrected chi connectivity index (χ0v) is 12.2. The molecular formula is C15H15FN4O2. The van der Waals surface area contributed by atoms with Crippen LogP contribution in [0.5, 0.6) is 0 Å². The number of nitrogens with zero attached hydrogens (tertiary/aromatic N) is 3. The van der Waals surface area contributed by atoms with E-state index in [1.54, 1.807) is 16.5 Å². The first-order valence-corrected chi connectivity index (χ1v) is 6.91. The van der Waals surface area contributed by atoms with Crippen LogP contribution in [0.2, 0.25) is 0 Å². The molecule has 0 atom stereocenters. The molecule has 0 unspecified atom stereocenters. The molecule has 0 aliphatic heterocycles. The maximum Gasteiger partial charge on any atom is 0.291 e. The molecule has 0 spiro atoms. The summed E-state index contributed by atoms with van der Waals surface area (Å²) in [6.45, 7) is 3.53. The molecule has 0 bridgehead atoms. The van der Waals surface area contributed by atoms with Crippen LogP contribution in [0.4, 0.5) is 4.39 Å². The second-order valence-corrected chi connectivity index (χ2v) is 5.42. The first kappa shape index (κ1) is 14.2. The standard InChI is InChI=1S/C15H15FN4O2/c1-9(2)18-14(21)7-20-15(22)13-6-10-5-11(16)3-4-12(10)19(13)8-17-20/h3-6,8-9H,7H2,1-2H3,(H,18,21). The Bertz CT molecular complexity index is 926. The number of halogens is 1. The minimum Gasteiger partial charge on any atom is -0.352 e. The van der Waals surface area contributed by atoms with Gasteiger partial charge in [-0.15, -0.1) is 0 Å². The predicted octanol–water partition coefficient (Wildman–Crippen LogP) is 1.31. The van der Waals surface area contributed by atoms with Gasteiger partial charge in [0.15, 0.2) is 0 Å². The average Bonchev–Trinajstić information content (AvgIpc) is 2.79. The van der Waals surface area contributed by atoms with E-state index in [-0.39, 0.29) is 24.3 Å². The Morgan fingerprint density at radius 1 is 1.32 bits per heavy atom. The lowest BCUT2D eigenvalue weighted by Crippen LogP contribution is -2.37. The molecule has 1 N–H and O–H groups in total. The highest BCUT2D eigenvalue weighted by molar-refractivity contribution is 5.86. The van der Waals surface area contributed by atoms with Crippen molar-refractivity contribution in [2.24, 2.45) is 0 Å². The van der Waals surface area contributed by atoms with Gasteiger partial charge in [-0.3, -0.25) is 14.0 Å². The van der Waals surface area contributed by atoms with E-state index in [1.165, 1.54) is 18.5 Å². The van der Waals surface area contributed by atoms with E-state index >= 15 is 0 Å². The van der Waals surface area contributed by atoms with Crippen molar-refractivity contribution in [1.29, 1.82) is 0 Å². The van der Waals surface area contributed by atoms with E-state index in [2.05, 4.69) is 10.4 Å². The molecule has 1 aromatic carbocycles. The molecule has 7 heteroatoms. The molecule has 3 rings (SSSR count). The highest BCUT2D eigenvalue weighted by Gasteiger charge is 2.12. The van der Waals surface area contributed by atoms with Gasteiger partial charge in [0.2, 0.25) is 5.91 Å². The van der Waals surface area contributed by atoms with Gasteiger partial charge < -0.3 is 5.32 Å². The second kappa shape index (κ2) is 5.25. The summed E-state index contributed by atoms with van der Waals surface area (Å²) in [6, 6.07) is 5.87. The Morgan fingerprint density at radius 2 is 2.09 bits per heavy atom. The molecule has 2 heterocycles. The molecule has 22 heavy (non-hydrogen) atoms. The number of rotatable bonds is 3. The molecular weight excluding hydrogens is 287 g/mol. The summed E-state index contributed by atoms with van der Waals surface area (Å²) in [6.07, 6.45) is 1.46. The van der Waals surface area contributed by atoms with Crippen LogP contribution >= 0.6 is 0 Å². The van der Waals surface area contributed by atoms with E-state index < -0.39 is 5.56 Å². The number of benzene rings is 1. The predicted molar refractivity (Wildman–Crippen MR) is 80.2 cm³/mol. The third-order valence-electron chi connectivity index (χ3n) is 3.30. The van der Waals surface area contributed by atoms with Gasteiger partial charge in [0, 0.05) is 11.4 Å². The van der Waals surface area contributed by atoms with Crippen LogP contribution in [0.25, 0.3) is 16.4 Å². The monoisotopic (exact) mass is 302 g/mol. The molecule has 3 aromatic rings. The minimum atomic E-state index is -0.391. The van der Waals surface area contributed by atoms with E-state index in [0.717, 1.165) is 4.68 Å². The molecule has 114 valence electrons. The Morgan fingerprint density at radius 3 is 2.82 bits per heavy atom. The summed E-state index contributed by atoms with van der Waals surface area (Å²) < 4.78 is 16.0.